The van der Waals surface area contributed by atoms with Crippen LogP contribution in [0.5, 0.6) is 0 Å². The van der Waals surface area contributed by atoms with Crippen LogP contribution in [0.1, 0.15) is 28.5 Å². The molecular formula is C22H32IN7S. The molecule has 31 heavy (non-hydrogen) atoms. The minimum Gasteiger partial charge on any atom is -0.375 e. The number of aryl methyl sites for hydroxylation is 2. The summed E-state index contributed by atoms with van der Waals surface area (Å²) in [5, 5.41) is 17.4. The molecule has 0 atom stereocenters. The summed E-state index contributed by atoms with van der Waals surface area (Å²) in [6, 6.07) is 12.6. The van der Waals surface area contributed by atoms with E-state index < -0.39 is 0 Å². The van der Waals surface area contributed by atoms with E-state index in [0.29, 0.717) is 6.54 Å². The summed E-state index contributed by atoms with van der Waals surface area (Å²) in [5.41, 5.74) is 2.54. The molecule has 0 aliphatic heterocycles. The predicted octanol–water partition coefficient (Wildman–Crippen LogP) is 3.87. The van der Waals surface area contributed by atoms with E-state index >= 15 is 0 Å². The summed E-state index contributed by atoms with van der Waals surface area (Å²) in [6.07, 6.45) is 1.01. The summed E-state index contributed by atoms with van der Waals surface area (Å²) >= 11 is 1.76. The van der Waals surface area contributed by atoms with Crippen LogP contribution >= 0.6 is 35.3 Å². The average molecular weight is 554 g/mol. The smallest absolute Gasteiger partial charge is 0.192 e. The second kappa shape index (κ2) is 12.7. The highest BCUT2D eigenvalue weighted by atomic mass is 127. The maximum Gasteiger partial charge on any atom is 0.192 e. The van der Waals surface area contributed by atoms with Gasteiger partial charge < -0.3 is 20.1 Å². The Balaban J connectivity index is 0.00000341. The van der Waals surface area contributed by atoms with Crippen molar-refractivity contribution in [1.29, 1.82) is 0 Å². The fraction of sp³-hybridized carbons (Fsp3) is 0.409. The predicted molar refractivity (Wildman–Crippen MR) is 141 cm³/mol. The minimum atomic E-state index is 0. The molecule has 0 saturated heterocycles. The fourth-order valence-electron chi connectivity index (χ4n) is 3.00. The molecule has 9 heteroatoms. The highest BCUT2D eigenvalue weighted by molar-refractivity contribution is 14.0. The van der Waals surface area contributed by atoms with E-state index in [1.54, 1.807) is 11.3 Å². The van der Waals surface area contributed by atoms with Gasteiger partial charge in [0.2, 0.25) is 0 Å². The molecule has 0 aliphatic rings. The van der Waals surface area contributed by atoms with Crippen LogP contribution < -0.4 is 15.5 Å². The van der Waals surface area contributed by atoms with E-state index in [4.69, 9.17) is 4.99 Å². The molecule has 3 aromatic rings. The number of rotatable bonds is 9. The molecule has 2 aromatic heterocycles. The zero-order chi connectivity index (χ0) is 21.3. The molecule has 0 fully saturated rings. The van der Waals surface area contributed by atoms with Crippen molar-refractivity contribution in [3.63, 3.8) is 0 Å². The van der Waals surface area contributed by atoms with Gasteiger partial charge in [-0.1, -0.05) is 18.2 Å². The Kier molecular flexibility index (Phi) is 10.3. The van der Waals surface area contributed by atoms with Gasteiger partial charge >= 0.3 is 0 Å². The van der Waals surface area contributed by atoms with E-state index in [2.05, 4.69) is 75.4 Å². The van der Waals surface area contributed by atoms with E-state index in [1.165, 1.54) is 16.1 Å². The van der Waals surface area contributed by atoms with Crippen molar-refractivity contribution >= 4 is 47.0 Å². The SMILES string of the molecule is Cc1ccsc1CNC(=NCc1nnc(C)n1C)NCCCN(C)c1ccccc1.I. The van der Waals surface area contributed by atoms with Crippen molar-refractivity contribution in [2.24, 2.45) is 12.0 Å². The molecule has 0 bridgehead atoms. The number of hydrogen-bond donors (Lipinski definition) is 2. The fourth-order valence-corrected chi connectivity index (χ4v) is 3.84. The van der Waals surface area contributed by atoms with Gasteiger partial charge in [0, 0.05) is 37.7 Å². The Bertz CT molecular complexity index is 952. The first-order chi connectivity index (χ1) is 14.5. The van der Waals surface area contributed by atoms with Crippen molar-refractivity contribution < 1.29 is 0 Å². The summed E-state index contributed by atoms with van der Waals surface area (Å²) in [5.74, 6) is 2.54. The summed E-state index contributed by atoms with van der Waals surface area (Å²) in [7, 11) is 4.09. The Morgan fingerprint density at radius 3 is 2.55 bits per heavy atom. The van der Waals surface area contributed by atoms with Crippen LogP contribution in [-0.2, 0) is 20.1 Å². The average Bonchev–Trinajstić information content (AvgIpc) is 3.32. The van der Waals surface area contributed by atoms with E-state index in [0.717, 1.165) is 43.7 Å². The van der Waals surface area contributed by atoms with Crippen molar-refractivity contribution in [3.05, 3.63) is 63.9 Å². The maximum absolute atomic E-state index is 4.73. The van der Waals surface area contributed by atoms with Gasteiger partial charge in [-0.05, 0) is 49.4 Å². The van der Waals surface area contributed by atoms with Crippen LogP contribution in [-0.4, -0.2) is 40.9 Å². The number of guanidine groups is 1. The Hall–Kier alpha value is -2.14. The molecule has 0 spiro atoms. The van der Waals surface area contributed by atoms with Gasteiger partial charge in [-0.25, -0.2) is 4.99 Å². The van der Waals surface area contributed by atoms with Crippen LogP contribution in [0.25, 0.3) is 0 Å². The molecule has 168 valence electrons. The lowest BCUT2D eigenvalue weighted by Crippen LogP contribution is -2.38. The van der Waals surface area contributed by atoms with Crippen molar-refractivity contribution in [3.8, 4) is 0 Å². The molecule has 0 amide bonds. The normalized spacial score (nSPS) is 11.2. The molecular weight excluding hydrogens is 521 g/mol. The van der Waals surface area contributed by atoms with Gasteiger partial charge in [0.15, 0.2) is 11.8 Å². The van der Waals surface area contributed by atoms with Crippen molar-refractivity contribution in [2.75, 3.05) is 25.0 Å². The van der Waals surface area contributed by atoms with Crippen LogP contribution in [0.15, 0.2) is 46.8 Å². The molecule has 0 aliphatic carbocycles. The second-order valence-electron chi connectivity index (χ2n) is 7.31. The summed E-state index contributed by atoms with van der Waals surface area (Å²) < 4.78 is 1.97. The molecule has 0 unspecified atom stereocenters. The monoisotopic (exact) mass is 553 g/mol. The Labute approximate surface area is 206 Å². The van der Waals surface area contributed by atoms with Crippen LogP contribution in [0.4, 0.5) is 5.69 Å². The van der Waals surface area contributed by atoms with Gasteiger partial charge in [0.25, 0.3) is 0 Å². The van der Waals surface area contributed by atoms with E-state index in [1.807, 2.05) is 24.6 Å². The lowest BCUT2D eigenvalue weighted by Gasteiger charge is -2.19. The topological polar surface area (TPSA) is 70.4 Å². The van der Waals surface area contributed by atoms with Gasteiger partial charge in [0.1, 0.15) is 12.4 Å². The first-order valence-corrected chi connectivity index (χ1v) is 11.1. The minimum absolute atomic E-state index is 0. The number of thiophene rings is 1. The quantitative estimate of drug-likeness (QED) is 0.182. The number of halogens is 1. The van der Waals surface area contributed by atoms with Crippen LogP contribution in [0.3, 0.4) is 0 Å². The molecule has 2 heterocycles. The van der Waals surface area contributed by atoms with Gasteiger partial charge in [-0.3, -0.25) is 0 Å². The van der Waals surface area contributed by atoms with Gasteiger partial charge in [-0.15, -0.1) is 45.5 Å². The number of anilines is 1. The maximum atomic E-state index is 4.73. The zero-order valence-electron chi connectivity index (χ0n) is 18.6. The van der Waals surface area contributed by atoms with Crippen molar-refractivity contribution in [2.45, 2.75) is 33.4 Å². The number of nitrogens with zero attached hydrogens (tertiary/aromatic N) is 5. The van der Waals surface area contributed by atoms with E-state index in [9.17, 15) is 0 Å². The Morgan fingerprint density at radius 1 is 1.13 bits per heavy atom. The lowest BCUT2D eigenvalue weighted by atomic mass is 10.3. The highest BCUT2D eigenvalue weighted by Crippen LogP contribution is 2.15. The molecule has 7 nitrogen and oxygen atoms in total. The third kappa shape index (κ3) is 7.49. The number of benzene rings is 1. The number of para-hydroxylation sites is 1. The molecule has 1 aromatic carbocycles. The molecule has 2 N–H and O–H groups in total. The number of hydrogen-bond acceptors (Lipinski definition) is 5. The Morgan fingerprint density at radius 2 is 1.90 bits per heavy atom. The standard InChI is InChI=1S/C22H31N7S.HI/c1-17-11-14-30-20(17)15-24-22(25-16-21-27-26-18(2)29(21)4)23-12-8-13-28(3)19-9-6-5-7-10-19;/h5-7,9-11,14H,8,12-13,15-16H2,1-4H3,(H2,23,24,25);1H. The molecule has 0 saturated carbocycles. The highest BCUT2D eigenvalue weighted by Gasteiger charge is 2.07. The van der Waals surface area contributed by atoms with Crippen LogP contribution in [0.2, 0.25) is 0 Å². The summed E-state index contributed by atoms with van der Waals surface area (Å²) in [4.78, 5) is 8.32. The van der Waals surface area contributed by atoms with Crippen molar-refractivity contribution in [1.82, 2.24) is 25.4 Å². The first-order valence-electron chi connectivity index (χ1n) is 10.2. The van der Waals surface area contributed by atoms with Gasteiger partial charge in [-0.2, -0.15) is 0 Å². The zero-order valence-corrected chi connectivity index (χ0v) is 21.8. The third-order valence-corrected chi connectivity index (χ3v) is 6.13. The van der Waals surface area contributed by atoms with Gasteiger partial charge in [0.05, 0.1) is 6.54 Å². The van der Waals surface area contributed by atoms with E-state index in [-0.39, 0.29) is 24.0 Å². The lowest BCUT2D eigenvalue weighted by molar-refractivity contribution is 0.718. The molecule has 3 rings (SSSR count). The van der Waals surface area contributed by atoms with Crippen LogP contribution in [0, 0.1) is 13.8 Å². The third-order valence-electron chi connectivity index (χ3n) is 5.11. The number of aromatic nitrogens is 3. The number of nitrogens with one attached hydrogen (secondary N) is 2. The first kappa shape index (κ1) is 25.1. The summed E-state index contributed by atoms with van der Waals surface area (Å²) in [6.45, 7) is 7.14. The number of aliphatic imine (C=N–C) groups is 1. The second-order valence-corrected chi connectivity index (χ2v) is 8.31. The largest absolute Gasteiger partial charge is 0.375 e. The molecule has 0 radical (unpaired) electrons.